The summed E-state index contributed by atoms with van der Waals surface area (Å²) in [5.41, 5.74) is 4.59. The van der Waals surface area contributed by atoms with Crippen LogP contribution in [-0.4, -0.2) is 23.3 Å². The molecule has 25 heavy (non-hydrogen) atoms. The van der Waals surface area contributed by atoms with Gasteiger partial charge in [0.1, 0.15) is 5.75 Å². The van der Waals surface area contributed by atoms with E-state index >= 15 is 0 Å². The summed E-state index contributed by atoms with van der Waals surface area (Å²) in [4.78, 5) is 34.3. The summed E-state index contributed by atoms with van der Waals surface area (Å²) in [5, 5.41) is 10.9. The Morgan fingerprint density at radius 2 is 1.64 bits per heavy atom. The molecule has 0 aromatic heterocycles. The van der Waals surface area contributed by atoms with Gasteiger partial charge in [-0.25, -0.2) is 0 Å². The van der Waals surface area contributed by atoms with Crippen molar-refractivity contribution in [3.05, 3.63) is 68.2 Å². The molecule has 0 radical (unpaired) electrons. The lowest BCUT2D eigenvalue weighted by molar-refractivity contribution is -0.385. The van der Waals surface area contributed by atoms with Crippen LogP contribution in [0.3, 0.4) is 0 Å². The third-order valence-corrected chi connectivity index (χ3v) is 3.79. The van der Waals surface area contributed by atoms with Crippen molar-refractivity contribution in [3.63, 3.8) is 0 Å². The number of rotatable bonds is 5. The molecule has 0 atom stereocenters. The highest BCUT2D eigenvalue weighted by Gasteiger charge is 2.16. The van der Waals surface area contributed by atoms with Crippen molar-refractivity contribution < 1.29 is 19.2 Å². The zero-order valence-corrected chi connectivity index (χ0v) is 14.7. The minimum atomic E-state index is -0.671. The van der Waals surface area contributed by atoms with Gasteiger partial charge in [-0.15, -0.1) is 0 Å². The molecule has 2 aromatic rings. The van der Waals surface area contributed by atoms with Crippen LogP contribution in [0.1, 0.15) is 27.6 Å². The van der Waals surface area contributed by atoms with E-state index in [1.165, 1.54) is 12.1 Å². The lowest BCUT2D eigenvalue weighted by Gasteiger charge is -2.08. The van der Waals surface area contributed by atoms with E-state index in [9.17, 15) is 19.7 Å². The fraction of sp³-hybridized carbons (Fsp3) is 0.125. The van der Waals surface area contributed by atoms with Crippen LogP contribution in [0, 0.1) is 10.1 Å². The molecule has 0 saturated carbocycles. The normalized spacial score (nSPS) is 10.0. The van der Waals surface area contributed by atoms with Crippen molar-refractivity contribution >= 4 is 33.4 Å². The van der Waals surface area contributed by atoms with E-state index in [1.807, 2.05) is 6.92 Å². The van der Waals surface area contributed by atoms with E-state index in [4.69, 9.17) is 4.74 Å². The van der Waals surface area contributed by atoms with E-state index in [1.54, 1.807) is 24.3 Å². The maximum Gasteiger partial charge on any atom is 0.284 e. The number of carbonyl (C=O) groups excluding carboxylic acids is 2. The number of nitrogens with one attached hydrogen (secondary N) is 2. The van der Waals surface area contributed by atoms with Crippen molar-refractivity contribution in [1.82, 2.24) is 10.9 Å². The molecule has 0 aliphatic heterocycles. The number of amides is 2. The van der Waals surface area contributed by atoms with Crippen molar-refractivity contribution in [2.75, 3.05) is 6.61 Å². The summed E-state index contributed by atoms with van der Waals surface area (Å²) in [6, 6.07) is 10.3. The van der Waals surface area contributed by atoms with Crippen LogP contribution in [0.4, 0.5) is 5.69 Å². The van der Waals surface area contributed by atoms with Gasteiger partial charge in [-0.3, -0.25) is 30.6 Å². The Balaban J connectivity index is 2.00. The number of hydrazine groups is 1. The standard InChI is InChI=1S/C16H14BrN3O5/c1-2-25-12-6-3-10(4-7-12)15(21)18-19-16(22)11-5-8-13(17)14(9-11)20(23)24/h3-9H,2H2,1H3,(H,18,21)(H,19,22). The predicted molar refractivity (Wildman–Crippen MR) is 93.3 cm³/mol. The van der Waals surface area contributed by atoms with Gasteiger partial charge in [0.2, 0.25) is 0 Å². The molecule has 2 N–H and O–H groups in total. The predicted octanol–water partition coefficient (Wildman–Crippen LogP) is 2.83. The van der Waals surface area contributed by atoms with Gasteiger partial charge >= 0.3 is 0 Å². The molecular weight excluding hydrogens is 394 g/mol. The molecule has 0 fully saturated rings. The summed E-state index contributed by atoms with van der Waals surface area (Å²) in [6.07, 6.45) is 0. The van der Waals surface area contributed by atoms with Crippen LogP contribution in [0.25, 0.3) is 0 Å². The van der Waals surface area contributed by atoms with Crippen LogP contribution < -0.4 is 15.6 Å². The first-order valence-corrected chi connectivity index (χ1v) is 7.99. The van der Waals surface area contributed by atoms with Crippen LogP contribution in [0.5, 0.6) is 5.75 Å². The van der Waals surface area contributed by atoms with Gasteiger partial charge in [-0.1, -0.05) is 0 Å². The van der Waals surface area contributed by atoms with Gasteiger partial charge < -0.3 is 4.74 Å². The molecule has 2 amide bonds. The molecule has 2 rings (SSSR count). The Morgan fingerprint density at radius 1 is 1.08 bits per heavy atom. The second kappa shape index (κ2) is 8.25. The van der Waals surface area contributed by atoms with E-state index in [2.05, 4.69) is 26.8 Å². The maximum atomic E-state index is 12.0. The first-order valence-electron chi connectivity index (χ1n) is 7.20. The van der Waals surface area contributed by atoms with Crippen molar-refractivity contribution in [3.8, 4) is 5.75 Å². The molecule has 130 valence electrons. The molecule has 0 heterocycles. The van der Waals surface area contributed by atoms with Gasteiger partial charge in [0.15, 0.2) is 0 Å². The molecule has 8 nitrogen and oxygen atoms in total. The Bertz CT molecular complexity index is 808. The Kier molecular flexibility index (Phi) is 6.07. The molecule has 2 aromatic carbocycles. The van der Waals surface area contributed by atoms with Crippen LogP contribution in [0.15, 0.2) is 46.9 Å². The fourth-order valence-electron chi connectivity index (χ4n) is 1.92. The smallest absolute Gasteiger partial charge is 0.284 e. The largest absolute Gasteiger partial charge is 0.494 e. The number of ether oxygens (including phenoxy) is 1. The van der Waals surface area contributed by atoms with Gasteiger partial charge in [-0.2, -0.15) is 0 Å². The Hall–Kier alpha value is -2.94. The van der Waals surface area contributed by atoms with E-state index in [0.29, 0.717) is 17.9 Å². The molecule has 0 bridgehead atoms. The quantitative estimate of drug-likeness (QED) is 0.584. The number of hydrogen-bond donors (Lipinski definition) is 2. The Morgan fingerprint density at radius 3 is 2.20 bits per heavy atom. The minimum Gasteiger partial charge on any atom is -0.494 e. The lowest BCUT2D eigenvalue weighted by Crippen LogP contribution is -2.41. The van der Waals surface area contributed by atoms with Gasteiger partial charge in [-0.05, 0) is 59.3 Å². The molecule has 0 aliphatic rings. The molecular formula is C16H14BrN3O5. The van der Waals surface area contributed by atoms with Crippen LogP contribution in [-0.2, 0) is 0 Å². The van der Waals surface area contributed by atoms with Crippen molar-refractivity contribution in [2.24, 2.45) is 0 Å². The zero-order valence-electron chi connectivity index (χ0n) is 13.1. The second-order valence-electron chi connectivity index (χ2n) is 4.79. The second-order valence-corrected chi connectivity index (χ2v) is 5.64. The van der Waals surface area contributed by atoms with Gasteiger partial charge in [0.05, 0.1) is 16.0 Å². The number of carbonyl (C=O) groups is 2. The van der Waals surface area contributed by atoms with Crippen molar-refractivity contribution in [2.45, 2.75) is 6.92 Å². The first kappa shape index (κ1) is 18.4. The number of nitrogens with zero attached hydrogens (tertiary/aromatic N) is 1. The summed E-state index contributed by atoms with van der Waals surface area (Å²) < 4.78 is 5.53. The summed E-state index contributed by atoms with van der Waals surface area (Å²) in [7, 11) is 0. The topological polar surface area (TPSA) is 111 Å². The lowest BCUT2D eigenvalue weighted by atomic mass is 10.2. The summed E-state index contributed by atoms with van der Waals surface area (Å²) in [6.45, 7) is 2.36. The molecule has 0 saturated heterocycles. The highest BCUT2D eigenvalue weighted by molar-refractivity contribution is 9.10. The number of halogens is 1. The third kappa shape index (κ3) is 4.77. The number of nitro groups is 1. The minimum absolute atomic E-state index is 0.0434. The number of hydrogen-bond acceptors (Lipinski definition) is 5. The molecule has 0 unspecified atom stereocenters. The van der Waals surface area contributed by atoms with Crippen LogP contribution in [0.2, 0.25) is 0 Å². The van der Waals surface area contributed by atoms with Gasteiger partial charge in [0, 0.05) is 17.2 Å². The third-order valence-electron chi connectivity index (χ3n) is 3.12. The van der Waals surface area contributed by atoms with E-state index in [-0.39, 0.29) is 15.7 Å². The average molecular weight is 408 g/mol. The molecule has 0 spiro atoms. The SMILES string of the molecule is CCOc1ccc(C(=O)NNC(=O)c2ccc(Br)c([N+](=O)[O-])c2)cc1. The Labute approximate surface area is 151 Å². The van der Waals surface area contributed by atoms with Crippen molar-refractivity contribution in [1.29, 1.82) is 0 Å². The van der Waals surface area contributed by atoms with E-state index < -0.39 is 16.7 Å². The maximum absolute atomic E-state index is 12.0. The summed E-state index contributed by atoms with van der Waals surface area (Å²) in [5.74, 6) is -0.567. The zero-order chi connectivity index (χ0) is 18.4. The molecule has 0 aliphatic carbocycles. The number of nitro benzene ring substituents is 1. The van der Waals surface area contributed by atoms with Gasteiger partial charge in [0.25, 0.3) is 17.5 Å². The average Bonchev–Trinajstić information content (AvgIpc) is 2.60. The number of benzene rings is 2. The fourth-order valence-corrected chi connectivity index (χ4v) is 2.31. The summed E-state index contributed by atoms with van der Waals surface area (Å²) >= 11 is 3.04. The monoisotopic (exact) mass is 407 g/mol. The first-order chi connectivity index (χ1) is 11.9. The highest BCUT2D eigenvalue weighted by atomic mass is 79.9. The van der Waals surface area contributed by atoms with E-state index in [0.717, 1.165) is 6.07 Å². The molecule has 9 heteroatoms. The van der Waals surface area contributed by atoms with Crippen LogP contribution >= 0.6 is 15.9 Å². The highest BCUT2D eigenvalue weighted by Crippen LogP contribution is 2.25.